The maximum Gasteiger partial charge on any atom is 0.514 e. The number of carbonyl (C=O) groups is 3. The molecule has 0 saturated heterocycles. The van der Waals surface area contributed by atoms with Gasteiger partial charge in [-0.2, -0.15) is 8.78 Å². The molecule has 3 rings (SSSR count). The standard InChI is InChI=1S/C23H22F2O7/c1-22(13-5-6-14-22)32-21(29)30-17-11-9-16(10-12-17)19(26)31-18(23(24,25)20(27)28)15-7-3-2-4-8-15/h2-4,7-12,18H,5-6,13-14H2,1H3,(H,27,28)/p-1. The second-order valence-electron chi connectivity index (χ2n) is 7.74. The average Bonchev–Trinajstić information content (AvgIpc) is 3.18. The van der Waals surface area contributed by atoms with E-state index in [-0.39, 0.29) is 16.9 Å². The summed E-state index contributed by atoms with van der Waals surface area (Å²) < 4.78 is 43.6. The van der Waals surface area contributed by atoms with E-state index in [9.17, 15) is 28.3 Å². The minimum atomic E-state index is -4.46. The Bertz CT molecular complexity index is 968. The first-order chi connectivity index (χ1) is 15.1. The van der Waals surface area contributed by atoms with Crippen molar-refractivity contribution in [2.45, 2.75) is 50.2 Å². The molecule has 0 heterocycles. The molecule has 0 amide bonds. The molecule has 1 aliphatic carbocycles. The number of ether oxygens (including phenoxy) is 3. The topological polar surface area (TPSA) is 102 Å². The Morgan fingerprint density at radius 3 is 2.16 bits per heavy atom. The second kappa shape index (κ2) is 9.33. The third-order valence-electron chi connectivity index (χ3n) is 5.21. The van der Waals surface area contributed by atoms with Crippen LogP contribution in [0.4, 0.5) is 13.6 Å². The molecule has 7 nitrogen and oxygen atoms in total. The monoisotopic (exact) mass is 447 g/mol. The van der Waals surface area contributed by atoms with E-state index >= 15 is 0 Å². The summed E-state index contributed by atoms with van der Waals surface area (Å²) in [6.07, 6.45) is 0.128. The van der Waals surface area contributed by atoms with Gasteiger partial charge in [0.1, 0.15) is 17.3 Å². The van der Waals surface area contributed by atoms with E-state index in [1.807, 2.05) is 6.92 Å². The number of alkyl halides is 2. The van der Waals surface area contributed by atoms with E-state index < -0.39 is 35.7 Å². The molecule has 170 valence electrons. The van der Waals surface area contributed by atoms with Crippen LogP contribution in [-0.2, 0) is 14.3 Å². The summed E-state index contributed by atoms with van der Waals surface area (Å²) in [5, 5.41) is 10.9. The van der Waals surface area contributed by atoms with Gasteiger partial charge in [-0.25, -0.2) is 9.59 Å². The van der Waals surface area contributed by atoms with Crippen molar-refractivity contribution in [1.82, 2.24) is 0 Å². The number of esters is 1. The van der Waals surface area contributed by atoms with E-state index in [2.05, 4.69) is 0 Å². The minimum Gasteiger partial charge on any atom is -0.544 e. The molecule has 0 N–H and O–H groups in total. The highest BCUT2D eigenvalue weighted by atomic mass is 19.3. The predicted molar refractivity (Wildman–Crippen MR) is 105 cm³/mol. The number of halogens is 2. The number of aliphatic carboxylic acids is 1. The number of hydrogen-bond acceptors (Lipinski definition) is 7. The molecule has 1 aliphatic rings. The summed E-state index contributed by atoms with van der Waals surface area (Å²) in [7, 11) is 0. The number of carboxylic acids is 1. The maximum atomic E-state index is 14.2. The van der Waals surface area contributed by atoms with Gasteiger partial charge in [-0.05, 0) is 62.4 Å². The van der Waals surface area contributed by atoms with Crippen LogP contribution in [0.15, 0.2) is 54.6 Å². The lowest BCUT2D eigenvalue weighted by molar-refractivity contribution is -0.336. The fraction of sp³-hybridized carbons (Fsp3) is 0.348. The number of rotatable bonds is 7. The van der Waals surface area contributed by atoms with E-state index in [0.717, 1.165) is 25.7 Å². The number of carboxylic acid groups (broad SMARTS) is 1. The molecule has 0 bridgehead atoms. The summed E-state index contributed by atoms with van der Waals surface area (Å²) in [4.78, 5) is 35.3. The van der Waals surface area contributed by atoms with Crippen molar-refractivity contribution in [2.75, 3.05) is 0 Å². The first kappa shape index (κ1) is 23.2. The zero-order valence-corrected chi connectivity index (χ0v) is 17.2. The quantitative estimate of drug-likeness (QED) is 0.470. The highest BCUT2D eigenvalue weighted by molar-refractivity contribution is 5.90. The molecule has 1 atom stereocenters. The molecule has 0 radical (unpaired) electrons. The molecule has 1 unspecified atom stereocenters. The third-order valence-corrected chi connectivity index (χ3v) is 5.21. The average molecular weight is 447 g/mol. The number of hydrogen-bond donors (Lipinski definition) is 0. The number of benzene rings is 2. The third kappa shape index (κ3) is 5.40. The lowest BCUT2D eigenvalue weighted by Gasteiger charge is -2.27. The van der Waals surface area contributed by atoms with Gasteiger partial charge in [-0.15, -0.1) is 0 Å². The molecule has 2 aromatic carbocycles. The largest absolute Gasteiger partial charge is 0.544 e. The van der Waals surface area contributed by atoms with E-state index in [4.69, 9.17) is 14.2 Å². The molecule has 1 saturated carbocycles. The van der Waals surface area contributed by atoms with Crippen LogP contribution < -0.4 is 9.84 Å². The van der Waals surface area contributed by atoms with Crippen LogP contribution in [0.2, 0.25) is 0 Å². The van der Waals surface area contributed by atoms with Gasteiger partial charge in [-0.3, -0.25) is 0 Å². The van der Waals surface area contributed by atoms with Crippen LogP contribution in [0.25, 0.3) is 0 Å². The first-order valence-corrected chi connectivity index (χ1v) is 9.97. The molecule has 0 spiro atoms. The summed E-state index contributed by atoms with van der Waals surface area (Å²) in [6, 6.07) is 11.7. The summed E-state index contributed by atoms with van der Waals surface area (Å²) >= 11 is 0. The highest BCUT2D eigenvalue weighted by Crippen LogP contribution is 2.35. The van der Waals surface area contributed by atoms with E-state index in [1.165, 1.54) is 54.6 Å². The van der Waals surface area contributed by atoms with Gasteiger partial charge in [0.15, 0.2) is 6.10 Å². The van der Waals surface area contributed by atoms with Crippen molar-refractivity contribution in [2.24, 2.45) is 0 Å². The van der Waals surface area contributed by atoms with Crippen molar-refractivity contribution >= 4 is 18.1 Å². The van der Waals surface area contributed by atoms with Gasteiger partial charge in [0.2, 0.25) is 0 Å². The fourth-order valence-electron chi connectivity index (χ4n) is 3.46. The van der Waals surface area contributed by atoms with Crippen LogP contribution in [0, 0.1) is 0 Å². The van der Waals surface area contributed by atoms with Crippen molar-refractivity contribution < 1.29 is 42.5 Å². The lowest BCUT2D eigenvalue weighted by Crippen LogP contribution is -2.47. The Hall–Kier alpha value is -3.49. The Kier molecular flexibility index (Phi) is 6.76. The Morgan fingerprint density at radius 2 is 1.59 bits per heavy atom. The summed E-state index contributed by atoms with van der Waals surface area (Å²) in [5.41, 5.74) is -0.931. The fourth-order valence-corrected chi connectivity index (χ4v) is 3.46. The molecule has 1 fully saturated rings. The normalized spacial score (nSPS) is 16.1. The van der Waals surface area contributed by atoms with Crippen LogP contribution in [-0.4, -0.2) is 29.6 Å². The van der Waals surface area contributed by atoms with Crippen LogP contribution in [0.5, 0.6) is 5.75 Å². The van der Waals surface area contributed by atoms with Gasteiger partial charge in [0.25, 0.3) is 0 Å². The predicted octanol–water partition coefficient (Wildman–Crippen LogP) is 3.82. The molecule has 0 aliphatic heterocycles. The molecule has 0 aromatic heterocycles. The van der Waals surface area contributed by atoms with Crippen molar-refractivity contribution in [1.29, 1.82) is 0 Å². The Morgan fingerprint density at radius 1 is 1.00 bits per heavy atom. The minimum absolute atomic E-state index is 0.0767. The Balaban J connectivity index is 1.68. The van der Waals surface area contributed by atoms with Crippen LogP contribution in [0.1, 0.15) is 54.6 Å². The number of carbonyl (C=O) groups excluding carboxylic acids is 3. The molecule has 9 heteroatoms. The molecule has 32 heavy (non-hydrogen) atoms. The van der Waals surface area contributed by atoms with Gasteiger partial charge in [0, 0.05) is 0 Å². The van der Waals surface area contributed by atoms with Gasteiger partial charge >= 0.3 is 18.0 Å². The SMILES string of the molecule is CC1(OC(=O)Oc2ccc(C(=O)OC(c3ccccc3)C(F)(F)C(=O)[O-])cc2)CCCC1. The lowest BCUT2D eigenvalue weighted by atomic mass is 10.0. The Labute approximate surface area is 182 Å². The first-order valence-electron chi connectivity index (χ1n) is 9.97. The van der Waals surface area contributed by atoms with Crippen molar-refractivity contribution in [3.05, 3.63) is 65.7 Å². The smallest absolute Gasteiger partial charge is 0.514 e. The van der Waals surface area contributed by atoms with Crippen LogP contribution in [0.3, 0.4) is 0 Å². The molecule has 2 aromatic rings. The van der Waals surface area contributed by atoms with E-state index in [0.29, 0.717) is 0 Å². The summed E-state index contributed by atoms with van der Waals surface area (Å²) in [6.45, 7) is 1.83. The van der Waals surface area contributed by atoms with Crippen LogP contribution >= 0.6 is 0 Å². The maximum absolute atomic E-state index is 14.2. The molecular weight excluding hydrogens is 426 g/mol. The van der Waals surface area contributed by atoms with Gasteiger partial charge in [-0.1, -0.05) is 30.3 Å². The second-order valence-corrected chi connectivity index (χ2v) is 7.74. The highest BCUT2D eigenvalue weighted by Gasteiger charge is 2.45. The zero-order chi connectivity index (χ0) is 23.4. The van der Waals surface area contributed by atoms with Crippen molar-refractivity contribution in [3.63, 3.8) is 0 Å². The summed E-state index contributed by atoms with van der Waals surface area (Å²) in [5.74, 6) is -8.24. The van der Waals surface area contributed by atoms with E-state index in [1.54, 1.807) is 0 Å². The van der Waals surface area contributed by atoms with Gasteiger partial charge < -0.3 is 24.1 Å². The molecular formula is C23H21F2O7-. The van der Waals surface area contributed by atoms with Crippen molar-refractivity contribution in [3.8, 4) is 5.75 Å². The van der Waals surface area contributed by atoms with Gasteiger partial charge in [0.05, 0.1) is 5.56 Å². The zero-order valence-electron chi connectivity index (χ0n) is 17.2.